The van der Waals surface area contributed by atoms with Gasteiger partial charge in [-0.15, -0.1) is 0 Å². The first-order chi connectivity index (χ1) is 12.2. The van der Waals surface area contributed by atoms with Gasteiger partial charge in [-0.25, -0.2) is 0 Å². The van der Waals surface area contributed by atoms with E-state index in [4.69, 9.17) is 0 Å². The summed E-state index contributed by atoms with van der Waals surface area (Å²) in [5, 5.41) is 31.0. The molecule has 5 heteroatoms. The number of Topliss-reactive ketones (excluding diaryl/α,β-unsaturated/α-hetero) is 1. The second kappa shape index (κ2) is 5.60. The number of rotatable bonds is 2. The summed E-state index contributed by atoms with van der Waals surface area (Å²) in [6.07, 6.45) is 6.91. The lowest BCUT2D eigenvalue weighted by Crippen LogP contribution is -2.61. The van der Waals surface area contributed by atoms with Crippen LogP contribution in [-0.2, 0) is 9.59 Å². The van der Waals surface area contributed by atoms with Crippen molar-refractivity contribution in [3.8, 4) is 0 Å². The summed E-state index contributed by atoms with van der Waals surface area (Å²) >= 11 is 0. The van der Waals surface area contributed by atoms with E-state index in [1.165, 1.54) is 0 Å². The molecule has 0 heterocycles. The monoisotopic (exact) mass is 360 g/mol. The molecule has 0 aliphatic heterocycles. The minimum absolute atomic E-state index is 0.00895. The molecule has 4 aliphatic rings. The third kappa shape index (κ3) is 2.08. The SMILES string of the molecule is C[C@]12C=CC(=O)C=C1CC[C@@H]1[C@@H]2C(=O)C[C@@]2(C)[C@H]1CC[C@@]2(O)[C@@H](O)CO. The number of carbonyl (C=O) groups is 2. The van der Waals surface area contributed by atoms with Crippen LogP contribution in [-0.4, -0.2) is 45.2 Å². The maximum Gasteiger partial charge on any atom is 0.178 e. The average Bonchev–Trinajstić information content (AvgIpc) is 2.86. The minimum atomic E-state index is -1.43. The number of aliphatic hydroxyl groups excluding tert-OH is 2. The fourth-order valence-electron chi connectivity index (χ4n) is 6.76. The van der Waals surface area contributed by atoms with Crippen molar-refractivity contribution in [2.45, 2.75) is 57.7 Å². The Morgan fingerprint density at radius 1 is 1.27 bits per heavy atom. The molecular weight excluding hydrogens is 332 g/mol. The van der Waals surface area contributed by atoms with Crippen molar-refractivity contribution in [1.29, 1.82) is 0 Å². The van der Waals surface area contributed by atoms with Crippen LogP contribution in [0.25, 0.3) is 0 Å². The van der Waals surface area contributed by atoms with Crippen LogP contribution in [0.1, 0.15) is 46.0 Å². The lowest BCUT2D eigenvalue weighted by atomic mass is 9.46. The van der Waals surface area contributed by atoms with E-state index in [1.54, 1.807) is 12.2 Å². The molecule has 3 N–H and O–H groups in total. The van der Waals surface area contributed by atoms with Gasteiger partial charge in [0.2, 0.25) is 0 Å². The fourth-order valence-corrected chi connectivity index (χ4v) is 6.76. The van der Waals surface area contributed by atoms with Crippen LogP contribution in [0.2, 0.25) is 0 Å². The smallest absolute Gasteiger partial charge is 0.178 e. The van der Waals surface area contributed by atoms with E-state index in [9.17, 15) is 24.9 Å². The van der Waals surface area contributed by atoms with Crippen LogP contribution < -0.4 is 0 Å². The molecule has 26 heavy (non-hydrogen) atoms. The Morgan fingerprint density at radius 3 is 2.69 bits per heavy atom. The van der Waals surface area contributed by atoms with E-state index < -0.39 is 29.1 Å². The molecule has 0 saturated heterocycles. The van der Waals surface area contributed by atoms with Gasteiger partial charge >= 0.3 is 0 Å². The predicted octanol–water partition coefficient (Wildman–Crippen LogP) is 1.56. The zero-order valence-electron chi connectivity index (χ0n) is 15.4. The highest BCUT2D eigenvalue weighted by atomic mass is 16.4. The summed E-state index contributed by atoms with van der Waals surface area (Å²) < 4.78 is 0. The number of allylic oxidation sites excluding steroid dienone is 4. The molecule has 3 fully saturated rings. The molecule has 4 rings (SSSR count). The van der Waals surface area contributed by atoms with Crippen molar-refractivity contribution in [2.75, 3.05) is 6.61 Å². The van der Waals surface area contributed by atoms with E-state index in [2.05, 4.69) is 6.92 Å². The Kier molecular flexibility index (Phi) is 3.89. The summed E-state index contributed by atoms with van der Waals surface area (Å²) in [4.78, 5) is 25.1. The molecule has 0 aromatic heterocycles. The topological polar surface area (TPSA) is 94.8 Å². The normalized spacial score (nSPS) is 48.5. The zero-order valence-corrected chi connectivity index (χ0v) is 15.4. The molecule has 4 aliphatic carbocycles. The highest BCUT2D eigenvalue weighted by molar-refractivity contribution is 6.01. The Balaban J connectivity index is 1.75. The van der Waals surface area contributed by atoms with Crippen LogP contribution in [0.3, 0.4) is 0 Å². The second-order valence-corrected chi connectivity index (χ2v) is 9.20. The number of fused-ring (bicyclic) bond motifs is 5. The molecule has 0 spiro atoms. The van der Waals surface area contributed by atoms with Gasteiger partial charge in [0, 0.05) is 23.2 Å². The van der Waals surface area contributed by atoms with Crippen molar-refractivity contribution in [3.05, 3.63) is 23.8 Å². The molecule has 0 aromatic rings. The number of ketones is 2. The largest absolute Gasteiger partial charge is 0.394 e. The van der Waals surface area contributed by atoms with Crippen LogP contribution >= 0.6 is 0 Å². The van der Waals surface area contributed by atoms with E-state index in [1.807, 2.05) is 13.0 Å². The average molecular weight is 360 g/mol. The lowest BCUT2D eigenvalue weighted by molar-refractivity contribution is -0.186. The third-order valence-electron chi connectivity index (χ3n) is 8.20. The summed E-state index contributed by atoms with van der Waals surface area (Å²) in [6, 6.07) is 0. The van der Waals surface area contributed by atoms with Gasteiger partial charge in [-0.1, -0.05) is 25.5 Å². The Bertz CT molecular complexity index is 724. The number of carbonyl (C=O) groups excluding carboxylic acids is 2. The van der Waals surface area contributed by atoms with Crippen molar-refractivity contribution >= 4 is 11.6 Å². The first-order valence-electron chi connectivity index (χ1n) is 9.65. The summed E-state index contributed by atoms with van der Waals surface area (Å²) in [5.41, 5.74) is -1.53. The van der Waals surface area contributed by atoms with E-state index in [-0.39, 0.29) is 35.7 Å². The molecule has 0 amide bonds. The number of aliphatic hydroxyl groups is 3. The van der Waals surface area contributed by atoms with Gasteiger partial charge in [0.25, 0.3) is 0 Å². The van der Waals surface area contributed by atoms with Crippen molar-refractivity contribution in [2.24, 2.45) is 28.6 Å². The summed E-state index contributed by atoms with van der Waals surface area (Å²) in [6.45, 7) is 3.46. The molecule has 7 atom stereocenters. The molecule has 5 nitrogen and oxygen atoms in total. The zero-order chi connectivity index (χ0) is 18.9. The molecule has 0 unspecified atom stereocenters. The predicted molar refractivity (Wildman–Crippen MR) is 95.0 cm³/mol. The highest BCUT2D eigenvalue weighted by Crippen LogP contribution is 2.66. The van der Waals surface area contributed by atoms with Gasteiger partial charge in [0.15, 0.2) is 5.78 Å². The van der Waals surface area contributed by atoms with Crippen LogP contribution in [0.4, 0.5) is 0 Å². The first kappa shape index (κ1) is 18.1. The maximum atomic E-state index is 13.3. The Morgan fingerprint density at radius 2 is 2.00 bits per heavy atom. The third-order valence-corrected chi connectivity index (χ3v) is 8.20. The van der Waals surface area contributed by atoms with E-state index in [0.29, 0.717) is 6.42 Å². The van der Waals surface area contributed by atoms with Crippen molar-refractivity contribution in [3.63, 3.8) is 0 Å². The molecule has 3 saturated carbocycles. The Labute approximate surface area is 153 Å². The maximum absolute atomic E-state index is 13.3. The molecule has 0 bridgehead atoms. The highest BCUT2D eigenvalue weighted by Gasteiger charge is 2.67. The summed E-state index contributed by atoms with van der Waals surface area (Å²) in [5.74, 6) is 0.164. The molecule has 0 radical (unpaired) electrons. The molecular formula is C21H28O5. The van der Waals surface area contributed by atoms with Gasteiger partial charge in [0.05, 0.1) is 12.2 Å². The first-order valence-corrected chi connectivity index (χ1v) is 9.65. The van der Waals surface area contributed by atoms with Crippen LogP contribution in [0.5, 0.6) is 0 Å². The van der Waals surface area contributed by atoms with Crippen LogP contribution in [0, 0.1) is 28.6 Å². The quantitative estimate of drug-likeness (QED) is 0.695. The van der Waals surface area contributed by atoms with Gasteiger partial charge in [-0.3, -0.25) is 9.59 Å². The van der Waals surface area contributed by atoms with Crippen LogP contribution in [0.15, 0.2) is 23.8 Å². The lowest BCUT2D eigenvalue weighted by Gasteiger charge is -2.57. The Hall–Kier alpha value is -1.30. The second-order valence-electron chi connectivity index (χ2n) is 9.20. The number of hydrogen-bond donors (Lipinski definition) is 3. The number of hydrogen-bond acceptors (Lipinski definition) is 5. The standard InChI is InChI=1S/C21H28O5/c1-19-7-5-13(23)9-12(19)3-4-14-15-6-8-21(26,17(25)11-22)20(15,2)10-16(24)18(14)19/h5,7,9,14-15,17-18,22,25-26H,3-4,6,8,10-11H2,1-2H3/t14-,15-,17-,18+,19-,20-,21+/m0/s1. The molecule has 142 valence electrons. The van der Waals surface area contributed by atoms with E-state index in [0.717, 1.165) is 24.8 Å². The fraction of sp³-hybridized carbons (Fsp3) is 0.714. The van der Waals surface area contributed by atoms with Gasteiger partial charge < -0.3 is 15.3 Å². The molecule has 0 aromatic carbocycles. The van der Waals surface area contributed by atoms with Crippen molar-refractivity contribution < 1.29 is 24.9 Å². The van der Waals surface area contributed by atoms with Gasteiger partial charge in [-0.2, -0.15) is 0 Å². The van der Waals surface area contributed by atoms with Crippen molar-refractivity contribution in [1.82, 2.24) is 0 Å². The van der Waals surface area contributed by atoms with E-state index >= 15 is 0 Å². The minimum Gasteiger partial charge on any atom is -0.394 e. The summed E-state index contributed by atoms with van der Waals surface area (Å²) in [7, 11) is 0. The van der Waals surface area contributed by atoms with Gasteiger partial charge in [0.1, 0.15) is 11.9 Å². The van der Waals surface area contributed by atoms with Gasteiger partial charge in [-0.05, 0) is 49.7 Å².